The molecule has 0 saturated carbocycles. The van der Waals surface area contributed by atoms with Crippen LogP contribution in [0.1, 0.15) is 0 Å². The normalized spacial score (nSPS) is 11.0. The third kappa shape index (κ3) is 1.79. The van der Waals surface area contributed by atoms with E-state index in [1.54, 1.807) is 6.07 Å². The smallest absolute Gasteiger partial charge is 0.182 e. The summed E-state index contributed by atoms with van der Waals surface area (Å²) in [6.45, 7) is 0. The lowest BCUT2D eigenvalue weighted by Gasteiger charge is -2.04. The number of imidazole rings is 1. The zero-order valence-electron chi connectivity index (χ0n) is 9.15. The molecule has 90 valence electrons. The Morgan fingerprint density at radius 2 is 1.89 bits per heavy atom. The summed E-state index contributed by atoms with van der Waals surface area (Å²) in [5.74, 6) is -0.307. The van der Waals surface area contributed by atoms with Gasteiger partial charge in [0.15, 0.2) is 4.77 Å². The van der Waals surface area contributed by atoms with Crippen LogP contribution in [0.5, 0.6) is 0 Å². The fourth-order valence-electron chi connectivity index (χ4n) is 1.94. The first-order valence-corrected chi connectivity index (χ1v) is 6.52. The molecule has 0 aliphatic rings. The molecule has 5 heteroatoms. The van der Waals surface area contributed by atoms with Crippen molar-refractivity contribution in [3.05, 3.63) is 57.5 Å². The summed E-state index contributed by atoms with van der Waals surface area (Å²) in [7, 11) is 0. The predicted octanol–water partition coefficient (Wildman–Crippen LogP) is 4.59. The van der Waals surface area contributed by atoms with Gasteiger partial charge in [-0.2, -0.15) is 0 Å². The molecule has 0 atom stereocenters. The molecule has 3 aromatic rings. The number of halogens is 2. The number of rotatable bonds is 1. The summed E-state index contributed by atoms with van der Waals surface area (Å²) in [6, 6.07) is 12.9. The number of aromatic amines is 1. The molecule has 0 bridgehead atoms. The fraction of sp³-hybridized carbons (Fsp3) is 0. The molecule has 0 aliphatic carbocycles. The first kappa shape index (κ1) is 11.6. The van der Waals surface area contributed by atoms with Crippen molar-refractivity contribution >= 4 is 39.2 Å². The van der Waals surface area contributed by atoms with Crippen LogP contribution in [0.15, 0.2) is 46.9 Å². The lowest BCUT2D eigenvalue weighted by molar-refractivity contribution is 0.623. The van der Waals surface area contributed by atoms with Crippen molar-refractivity contribution in [2.45, 2.75) is 0 Å². The Kier molecular flexibility index (Phi) is 2.80. The molecular weight excluding hydrogens is 315 g/mol. The lowest BCUT2D eigenvalue weighted by Crippen LogP contribution is -1.93. The average molecular weight is 323 g/mol. The molecule has 2 nitrogen and oxygen atoms in total. The zero-order chi connectivity index (χ0) is 12.7. The molecule has 1 aromatic heterocycles. The summed E-state index contributed by atoms with van der Waals surface area (Å²) in [5, 5.41) is 0. The minimum absolute atomic E-state index is 0.307. The summed E-state index contributed by atoms with van der Waals surface area (Å²) in [5.41, 5.74) is 2.48. The largest absolute Gasteiger partial charge is 0.330 e. The number of nitrogens with one attached hydrogen (secondary N) is 1. The Hall–Kier alpha value is -1.46. The van der Waals surface area contributed by atoms with Gasteiger partial charge in [0.1, 0.15) is 5.82 Å². The minimum Gasteiger partial charge on any atom is -0.330 e. The maximum absolute atomic E-state index is 13.5. The Bertz CT molecular complexity index is 777. The SMILES string of the molecule is Fc1cc2[nH]c(=S)n(-c3ccccc3)c2cc1Br. The van der Waals surface area contributed by atoms with E-state index in [1.807, 2.05) is 34.9 Å². The van der Waals surface area contributed by atoms with Gasteiger partial charge in [0, 0.05) is 11.8 Å². The summed E-state index contributed by atoms with van der Waals surface area (Å²) in [4.78, 5) is 3.01. The monoisotopic (exact) mass is 322 g/mol. The van der Waals surface area contributed by atoms with Crippen LogP contribution < -0.4 is 0 Å². The molecule has 0 unspecified atom stereocenters. The van der Waals surface area contributed by atoms with Crippen molar-refractivity contribution in [3.8, 4) is 5.69 Å². The number of hydrogen-bond donors (Lipinski definition) is 1. The number of hydrogen-bond acceptors (Lipinski definition) is 1. The van der Waals surface area contributed by atoms with Crippen molar-refractivity contribution in [1.82, 2.24) is 9.55 Å². The van der Waals surface area contributed by atoms with E-state index in [9.17, 15) is 4.39 Å². The van der Waals surface area contributed by atoms with Crippen LogP contribution in [0.25, 0.3) is 16.7 Å². The van der Waals surface area contributed by atoms with Gasteiger partial charge in [-0.3, -0.25) is 4.57 Å². The van der Waals surface area contributed by atoms with Crippen molar-refractivity contribution < 1.29 is 4.39 Å². The van der Waals surface area contributed by atoms with E-state index in [-0.39, 0.29) is 5.82 Å². The van der Waals surface area contributed by atoms with Gasteiger partial charge in [-0.25, -0.2) is 4.39 Å². The Labute approximate surface area is 116 Å². The minimum atomic E-state index is -0.307. The number of fused-ring (bicyclic) bond motifs is 1. The number of benzene rings is 2. The fourth-order valence-corrected chi connectivity index (χ4v) is 2.58. The standard InChI is InChI=1S/C13H8BrFN2S/c14-9-6-12-11(7-10(9)15)16-13(18)17(12)8-4-2-1-3-5-8/h1-7H,(H,16,18). The van der Waals surface area contributed by atoms with E-state index in [0.29, 0.717) is 14.8 Å². The maximum Gasteiger partial charge on any atom is 0.182 e. The van der Waals surface area contributed by atoms with Gasteiger partial charge in [0.25, 0.3) is 0 Å². The third-order valence-electron chi connectivity index (χ3n) is 2.74. The average Bonchev–Trinajstić information content (AvgIpc) is 2.66. The lowest BCUT2D eigenvalue weighted by atomic mass is 10.3. The van der Waals surface area contributed by atoms with Crippen LogP contribution in [-0.2, 0) is 0 Å². The Balaban J connectivity index is 2.40. The van der Waals surface area contributed by atoms with Gasteiger partial charge in [-0.05, 0) is 46.3 Å². The van der Waals surface area contributed by atoms with Gasteiger partial charge in [0.05, 0.1) is 15.5 Å². The third-order valence-corrected chi connectivity index (χ3v) is 3.63. The topological polar surface area (TPSA) is 20.7 Å². The van der Waals surface area contributed by atoms with E-state index < -0.39 is 0 Å². The molecule has 1 heterocycles. The second kappa shape index (κ2) is 4.33. The van der Waals surface area contributed by atoms with E-state index >= 15 is 0 Å². The molecule has 0 radical (unpaired) electrons. The van der Waals surface area contributed by atoms with Gasteiger partial charge >= 0.3 is 0 Å². The van der Waals surface area contributed by atoms with Gasteiger partial charge in [0.2, 0.25) is 0 Å². The molecule has 0 spiro atoms. The van der Waals surface area contributed by atoms with Crippen LogP contribution in [-0.4, -0.2) is 9.55 Å². The number of aromatic nitrogens is 2. The highest BCUT2D eigenvalue weighted by Gasteiger charge is 2.09. The second-order valence-electron chi connectivity index (χ2n) is 3.88. The number of H-pyrrole nitrogens is 1. The van der Waals surface area contributed by atoms with Crippen LogP contribution in [0.4, 0.5) is 4.39 Å². The van der Waals surface area contributed by atoms with Crippen molar-refractivity contribution in [1.29, 1.82) is 0 Å². The van der Waals surface area contributed by atoms with Crippen LogP contribution in [0.2, 0.25) is 0 Å². The zero-order valence-corrected chi connectivity index (χ0v) is 11.6. The van der Waals surface area contributed by atoms with Gasteiger partial charge in [-0.1, -0.05) is 18.2 Å². The molecule has 0 saturated heterocycles. The molecule has 0 aliphatic heterocycles. The van der Waals surface area contributed by atoms with E-state index in [2.05, 4.69) is 20.9 Å². The molecule has 2 aromatic carbocycles. The summed E-state index contributed by atoms with van der Waals surface area (Å²) in [6.07, 6.45) is 0. The first-order valence-electron chi connectivity index (χ1n) is 5.32. The van der Waals surface area contributed by atoms with Gasteiger partial charge in [-0.15, -0.1) is 0 Å². The molecule has 1 N–H and O–H groups in total. The Morgan fingerprint density at radius 3 is 2.61 bits per heavy atom. The van der Waals surface area contributed by atoms with Gasteiger partial charge < -0.3 is 4.98 Å². The quantitative estimate of drug-likeness (QED) is 0.650. The predicted molar refractivity (Wildman–Crippen MR) is 76.1 cm³/mol. The number of para-hydroxylation sites is 1. The molecule has 3 rings (SSSR count). The molecular formula is C13H8BrFN2S. The van der Waals surface area contributed by atoms with Crippen LogP contribution in [0, 0.1) is 10.6 Å². The second-order valence-corrected chi connectivity index (χ2v) is 5.13. The van der Waals surface area contributed by atoms with E-state index in [1.165, 1.54) is 6.07 Å². The Morgan fingerprint density at radius 1 is 1.17 bits per heavy atom. The summed E-state index contributed by atoms with van der Waals surface area (Å²) >= 11 is 8.49. The number of nitrogens with zero attached hydrogens (tertiary/aromatic N) is 1. The van der Waals surface area contributed by atoms with Crippen molar-refractivity contribution in [3.63, 3.8) is 0 Å². The van der Waals surface area contributed by atoms with Crippen LogP contribution >= 0.6 is 28.1 Å². The molecule has 0 fully saturated rings. The van der Waals surface area contributed by atoms with Crippen LogP contribution in [0.3, 0.4) is 0 Å². The molecule has 18 heavy (non-hydrogen) atoms. The highest BCUT2D eigenvalue weighted by molar-refractivity contribution is 9.10. The highest BCUT2D eigenvalue weighted by atomic mass is 79.9. The maximum atomic E-state index is 13.5. The van der Waals surface area contributed by atoms with E-state index in [4.69, 9.17) is 12.2 Å². The molecule has 0 amide bonds. The van der Waals surface area contributed by atoms with Crippen molar-refractivity contribution in [2.24, 2.45) is 0 Å². The summed E-state index contributed by atoms with van der Waals surface area (Å²) < 4.78 is 16.3. The van der Waals surface area contributed by atoms with E-state index in [0.717, 1.165) is 11.2 Å². The van der Waals surface area contributed by atoms with Crippen molar-refractivity contribution in [2.75, 3.05) is 0 Å². The highest BCUT2D eigenvalue weighted by Crippen LogP contribution is 2.25. The first-order chi connectivity index (χ1) is 8.66.